The van der Waals surface area contributed by atoms with Gasteiger partial charge in [-0.25, -0.2) is 9.50 Å². The van der Waals surface area contributed by atoms with Gasteiger partial charge < -0.3 is 5.73 Å². The lowest BCUT2D eigenvalue weighted by molar-refractivity contribution is 0.957. The molecule has 62 valence electrons. The van der Waals surface area contributed by atoms with Crippen molar-refractivity contribution in [3.8, 4) is 0 Å². The van der Waals surface area contributed by atoms with Gasteiger partial charge >= 0.3 is 0 Å². The number of halogens is 1. The van der Waals surface area contributed by atoms with Crippen LogP contribution in [0.4, 0.5) is 5.69 Å². The Morgan fingerprint density at radius 2 is 2.33 bits per heavy atom. The van der Waals surface area contributed by atoms with Crippen molar-refractivity contribution in [3.05, 3.63) is 22.6 Å². The van der Waals surface area contributed by atoms with E-state index in [4.69, 9.17) is 5.73 Å². The first-order chi connectivity index (χ1) is 5.70. The molecule has 0 aromatic carbocycles. The van der Waals surface area contributed by atoms with Gasteiger partial charge in [0, 0.05) is 0 Å². The Hall–Kier alpha value is -1.10. The quantitative estimate of drug-likeness (QED) is 0.739. The minimum atomic E-state index is 0.708. The van der Waals surface area contributed by atoms with E-state index in [1.165, 1.54) is 6.33 Å². The highest BCUT2D eigenvalue weighted by atomic mass is 79.9. The van der Waals surface area contributed by atoms with Crippen LogP contribution in [0.5, 0.6) is 0 Å². The maximum absolute atomic E-state index is 5.73. The Balaban J connectivity index is 2.94. The Bertz CT molecular complexity index is 434. The van der Waals surface area contributed by atoms with Crippen molar-refractivity contribution >= 4 is 27.3 Å². The third kappa shape index (κ3) is 0.896. The number of nitrogen functional groups attached to an aromatic ring is 1. The summed E-state index contributed by atoms with van der Waals surface area (Å²) in [5, 5.41) is 3.98. The first kappa shape index (κ1) is 7.54. The number of anilines is 1. The predicted molar refractivity (Wildman–Crippen MR) is 49.8 cm³/mol. The van der Waals surface area contributed by atoms with Crippen LogP contribution in [-0.2, 0) is 0 Å². The number of nitrogens with zero attached hydrogens (tertiary/aromatic N) is 3. The van der Waals surface area contributed by atoms with Gasteiger partial charge in [0.15, 0.2) is 5.65 Å². The van der Waals surface area contributed by atoms with Gasteiger partial charge in [0.05, 0.1) is 16.4 Å². The third-order valence-electron chi connectivity index (χ3n) is 1.79. The van der Waals surface area contributed by atoms with Crippen LogP contribution in [0.1, 0.15) is 5.56 Å². The van der Waals surface area contributed by atoms with Crippen molar-refractivity contribution in [3.63, 3.8) is 0 Å². The Kier molecular flexibility index (Phi) is 1.54. The molecule has 0 aliphatic rings. The fourth-order valence-electron chi connectivity index (χ4n) is 1.02. The summed E-state index contributed by atoms with van der Waals surface area (Å²) in [7, 11) is 0. The lowest BCUT2D eigenvalue weighted by Crippen LogP contribution is -1.97. The maximum atomic E-state index is 5.73. The molecule has 2 rings (SSSR count). The van der Waals surface area contributed by atoms with E-state index >= 15 is 0 Å². The van der Waals surface area contributed by atoms with Crippen LogP contribution in [0.2, 0.25) is 0 Å². The summed E-state index contributed by atoms with van der Waals surface area (Å²) in [5.41, 5.74) is 8.22. The molecule has 0 aliphatic carbocycles. The zero-order valence-electron chi connectivity index (χ0n) is 6.45. The number of pyridine rings is 1. The summed E-state index contributed by atoms with van der Waals surface area (Å²) < 4.78 is 2.55. The van der Waals surface area contributed by atoms with Gasteiger partial charge in [-0.05, 0) is 28.4 Å². The summed E-state index contributed by atoms with van der Waals surface area (Å²) in [6.07, 6.45) is 3.25. The molecule has 2 aromatic rings. The summed E-state index contributed by atoms with van der Waals surface area (Å²) in [4.78, 5) is 4.07. The second-order valence-electron chi connectivity index (χ2n) is 2.55. The van der Waals surface area contributed by atoms with Gasteiger partial charge in [-0.1, -0.05) is 0 Å². The van der Waals surface area contributed by atoms with Crippen LogP contribution in [0.3, 0.4) is 0 Å². The molecule has 0 bridgehead atoms. The van der Waals surface area contributed by atoms with E-state index < -0.39 is 0 Å². The van der Waals surface area contributed by atoms with Gasteiger partial charge in [0.2, 0.25) is 0 Å². The van der Waals surface area contributed by atoms with Crippen molar-refractivity contribution in [2.24, 2.45) is 0 Å². The van der Waals surface area contributed by atoms with Crippen molar-refractivity contribution in [1.29, 1.82) is 0 Å². The van der Waals surface area contributed by atoms with Gasteiger partial charge in [0.1, 0.15) is 6.33 Å². The largest absolute Gasteiger partial charge is 0.397 e. The highest BCUT2D eigenvalue weighted by Gasteiger charge is 2.06. The highest BCUT2D eigenvalue weighted by molar-refractivity contribution is 9.10. The van der Waals surface area contributed by atoms with E-state index in [-0.39, 0.29) is 0 Å². The molecule has 0 saturated heterocycles. The minimum Gasteiger partial charge on any atom is -0.397 e. The van der Waals surface area contributed by atoms with Crippen LogP contribution in [0.15, 0.2) is 17.0 Å². The lowest BCUT2D eigenvalue weighted by Gasteiger charge is -2.03. The molecule has 12 heavy (non-hydrogen) atoms. The Morgan fingerprint density at radius 1 is 1.58 bits per heavy atom. The summed E-state index contributed by atoms with van der Waals surface area (Å²) >= 11 is 3.41. The van der Waals surface area contributed by atoms with E-state index in [1.807, 2.05) is 6.92 Å². The molecule has 0 radical (unpaired) electrons. The fourth-order valence-corrected chi connectivity index (χ4v) is 1.54. The second kappa shape index (κ2) is 2.45. The van der Waals surface area contributed by atoms with Gasteiger partial charge in [-0.2, -0.15) is 5.10 Å². The molecular weight excluding hydrogens is 220 g/mol. The molecule has 4 nitrogen and oxygen atoms in total. The molecular formula is C7H7BrN4. The zero-order valence-corrected chi connectivity index (χ0v) is 8.04. The Morgan fingerprint density at radius 3 is 3.08 bits per heavy atom. The van der Waals surface area contributed by atoms with Crippen LogP contribution in [0, 0.1) is 6.92 Å². The smallest absolute Gasteiger partial charge is 0.169 e. The first-order valence-corrected chi connectivity index (χ1v) is 4.23. The molecule has 0 saturated carbocycles. The number of aromatic nitrogens is 3. The molecule has 0 atom stereocenters. The Labute approximate surface area is 77.5 Å². The van der Waals surface area contributed by atoms with Crippen molar-refractivity contribution in [2.45, 2.75) is 6.92 Å². The average Bonchev–Trinajstić information content (AvgIpc) is 2.48. The van der Waals surface area contributed by atoms with Crippen molar-refractivity contribution in [1.82, 2.24) is 14.6 Å². The van der Waals surface area contributed by atoms with E-state index in [1.54, 1.807) is 10.7 Å². The zero-order chi connectivity index (χ0) is 8.72. The number of fused-ring (bicyclic) bond motifs is 1. The molecule has 0 aliphatic heterocycles. The minimum absolute atomic E-state index is 0.708. The molecule has 0 fully saturated rings. The molecule has 2 aromatic heterocycles. The van der Waals surface area contributed by atoms with E-state index in [0.717, 1.165) is 15.7 Å². The van der Waals surface area contributed by atoms with Gasteiger partial charge in [-0.15, -0.1) is 0 Å². The maximum Gasteiger partial charge on any atom is 0.169 e. The summed E-state index contributed by atoms with van der Waals surface area (Å²) in [6, 6.07) is 0. The van der Waals surface area contributed by atoms with Crippen molar-refractivity contribution in [2.75, 3.05) is 5.73 Å². The summed E-state index contributed by atoms with van der Waals surface area (Å²) in [6.45, 7) is 1.94. The fraction of sp³-hybridized carbons (Fsp3) is 0.143. The number of rotatable bonds is 0. The number of nitrogens with two attached hydrogens (primary N) is 1. The summed E-state index contributed by atoms with van der Waals surface area (Å²) in [5.74, 6) is 0. The normalized spacial score (nSPS) is 10.8. The molecule has 0 spiro atoms. The number of hydrogen-bond donors (Lipinski definition) is 1. The van der Waals surface area contributed by atoms with Crippen LogP contribution in [-0.4, -0.2) is 14.6 Å². The highest BCUT2D eigenvalue weighted by Crippen LogP contribution is 2.24. The lowest BCUT2D eigenvalue weighted by atomic mass is 10.2. The average molecular weight is 227 g/mol. The molecule has 5 heteroatoms. The standard InChI is InChI=1S/C7H7BrN4/c1-4-5(9)2-12-7(6(4)8)10-3-11-12/h2-3H,9H2,1H3. The monoisotopic (exact) mass is 226 g/mol. The van der Waals surface area contributed by atoms with Gasteiger partial charge in [0.25, 0.3) is 0 Å². The molecule has 0 amide bonds. The molecule has 2 N–H and O–H groups in total. The predicted octanol–water partition coefficient (Wildman–Crippen LogP) is 1.38. The topological polar surface area (TPSA) is 56.2 Å². The van der Waals surface area contributed by atoms with Crippen LogP contribution < -0.4 is 5.73 Å². The molecule has 0 unspecified atom stereocenters. The second-order valence-corrected chi connectivity index (χ2v) is 3.34. The van der Waals surface area contributed by atoms with E-state index in [9.17, 15) is 0 Å². The van der Waals surface area contributed by atoms with Crippen LogP contribution in [0.25, 0.3) is 5.65 Å². The van der Waals surface area contributed by atoms with Crippen LogP contribution >= 0.6 is 15.9 Å². The van der Waals surface area contributed by atoms with Crippen molar-refractivity contribution < 1.29 is 0 Å². The van der Waals surface area contributed by atoms with E-state index in [2.05, 4.69) is 26.0 Å². The number of hydrogen-bond acceptors (Lipinski definition) is 3. The SMILES string of the molecule is Cc1c(N)cn2ncnc2c1Br. The van der Waals surface area contributed by atoms with Gasteiger partial charge in [-0.3, -0.25) is 0 Å². The molecule has 2 heterocycles. The third-order valence-corrected chi connectivity index (χ3v) is 2.74. The van der Waals surface area contributed by atoms with E-state index in [0.29, 0.717) is 5.69 Å². The first-order valence-electron chi connectivity index (χ1n) is 3.44.